The van der Waals surface area contributed by atoms with E-state index < -0.39 is 0 Å². The van der Waals surface area contributed by atoms with E-state index in [0.29, 0.717) is 0 Å². The molecule has 0 saturated heterocycles. The first-order valence-corrected chi connectivity index (χ1v) is 3.30. The summed E-state index contributed by atoms with van der Waals surface area (Å²) >= 11 is 0. The molecule has 0 radical (unpaired) electrons. The minimum atomic E-state index is 0.00694. The molecule has 0 amide bonds. The monoisotopic (exact) mass is 146 g/mol. The predicted octanol–water partition coefficient (Wildman–Crippen LogP) is 1.45. The Kier molecular flexibility index (Phi) is 4.41. The van der Waals surface area contributed by atoms with Crippen molar-refractivity contribution < 1.29 is 0 Å². The van der Waals surface area contributed by atoms with Crippen molar-refractivity contribution in [2.45, 2.75) is 25.9 Å². The summed E-state index contributed by atoms with van der Waals surface area (Å²) in [5.41, 5.74) is 8.00. The molecule has 0 heterocycles. The van der Waals surface area contributed by atoms with E-state index in [1.807, 2.05) is 13.8 Å². The molecule has 52 valence electrons. The van der Waals surface area contributed by atoms with Gasteiger partial charge in [-0.25, -0.2) is 0 Å². The second kappa shape index (κ2) is 4.57. The Hall–Kier alpha value is -0.300. The Morgan fingerprint density at radius 1 is 1.67 bits per heavy atom. The Morgan fingerprint density at radius 3 is 2.56 bits per heavy atom. The van der Waals surface area contributed by atoms with Gasteiger partial charge in [-0.05, 0) is 12.5 Å². The van der Waals surface area contributed by atoms with Gasteiger partial charge in [-0.15, -0.1) is 0 Å². The first-order valence-electron chi connectivity index (χ1n) is 2.72. The maximum absolute atomic E-state index is 8.00. The van der Waals surface area contributed by atoms with E-state index in [9.17, 15) is 0 Å². The zero-order chi connectivity index (χ0) is 7.28. The molecule has 3 atom stereocenters. The lowest BCUT2D eigenvalue weighted by molar-refractivity contribution is 0.569. The highest BCUT2D eigenvalue weighted by Gasteiger charge is 2.05. The zero-order valence-corrected chi connectivity index (χ0v) is 6.73. The molecule has 5 heteroatoms. The van der Waals surface area contributed by atoms with E-state index in [1.54, 1.807) is 0 Å². The van der Waals surface area contributed by atoms with E-state index in [0.717, 1.165) is 0 Å². The van der Waals surface area contributed by atoms with Gasteiger partial charge in [0.05, 0.1) is 0 Å². The lowest BCUT2D eigenvalue weighted by Crippen LogP contribution is -2.26. The second-order valence-corrected chi connectivity index (χ2v) is 2.23. The Morgan fingerprint density at radius 2 is 2.22 bits per heavy atom. The van der Waals surface area contributed by atoms with Crippen LogP contribution >= 0.6 is 9.39 Å². The summed E-state index contributed by atoms with van der Waals surface area (Å²) in [7, 11) is 2.38. The molecule has 9 heavy (non-hydrogen) atoms. The molecule has 0 saturated carbocycles. The summed E-state index contributed by atoms with van der Waals surface area (Å²) in [6.07, 6.45) is 0. The quantitative estimate of drug-likeness (QED) is 0.278. The molecule has 4 nitrogen and oxygen atoms in total. The summed E-state index contributed by atoms with van der Waals surface area (Å²) in [4.78, 5) is 2.68. The SMILES string of the molecule is CC(N=[N+]=[N-])[C@H](C)NP. The van der Waals surface area contributed by atoms with E-state index in [1.165, 1.54) is 0 Å². The molecule has 0 aliphatic rings. The van der Waals surface area contributed by atoms with Crippen molar-refractivity contribution in [3.8, 4) is 0 Å². The van der Waals surface area contributed by atoms with Gasteiger partial charge in [-0.1, -0.05) is 21.4 Å². The number of nitrogens with zero attached hydrogens (tertiary/aromatic N) is 3. The smallest absolute Gasteiger partial charge is 0.0499 e. The van der Waals surface area contributed by atoms with Crippen molar-refractivity contribution in [3.63, 3.8) is 0 Å². The van der Waals surface area contributed by atoms with E-state index in [2.05, 4.69) is 24.5 Å². The van der Waals surface area contributed by atoms with Gasteiger partial charge in [0.15, 0.2) is 0 Å². The van der Waals surface area contributed by atoms with Crippen molar-refractivity contribution in [1.29, 1.82) is 0 Å². The Balaban J connectivity index is 3.71. The second-order valence-electron chi connectivity index (χ2n) is 1.90. The molecule has 0 aromatic rings. The van der Waals surface area contributed by atoms with Crippen LogP contribution in [0.15, 0.2) is 5.11 Å². The maximum Gasteiger partial charge on any atom is 0.0499 e. The van der Waals surface area contributed by atoms with Gasteiger partial charge < -0.3 is 0 Å². The highest BCUT2D eigenvalue weighted by Crippen LogP contribution is 1.98. The average molecular weight is 146 g/mol. The van der Waals surface area contributed by atoms with Crippen molar-refractivity contribution >= 4 is 9.39 Å². The topological polar surface area (TPSA) is 60.8 Å². The molecule has 0 aromatic carbocycles. The molecule has 0 spiro atoms. The van der Waals surface area contributed by atoms with Crippen LogP contribution in [0.25, 0.3) is 10.4 Å². The van der Waals surface area contributed by atoms with Gasteiger partial charge in [0.2, 0.25) is 0 Å². The molecule has 0 aliphatic carbocycles. The van der Waals surface area contributed by atoms with Crippen LogP contribution in [0, 0.1) is 0 Å². The summed E-state index contributed by atoms with van der Waals surface area (Å²) in [5.74, 6) is 0. The summed E-state index contributed by atoms with van der Waals surface area (Å²) in [6, 6.07) is 0.221. The van der Waals surface area contributed by atoms with Crippen LogP contribution in [0.4, 0.5) is 0 Å². The van der Waals surface area contributed by atoms with Crippen LogP contribution in [-0.4, -0.2) is 12.1 Å². The maximum atomic E-state index is 8.00. The lowest BCUT2D eigenvalue weighted by Gasteiger charge is -2.12. The van der Waals surface area contributed by atoms with Crippen molar-refractivity contribution in [1.82, 2.24) is 5.09 Å². The number of azide groups is 1. The molecule has 2 unspecified atom stereocenters. The van der Waals surface area contributed by atoms with Crippen molar-refractivity contribution in [3.05, 3.63) is 10.4 Å². The van der Waals surface area contributed by atoms with Gasteiger partial charge >= 0.3 is 0 Å². The average Bonchev–Trinajstić information content (AvgIpc) is 1.87. The fourth-order valence-electron chi connectivity index (χ4n) is 0.321. The molecule has 0 aliphatic heterocycles. The van der Waals surface area contributed by atoms with E-state index in [4.69, 9.17) is 5.53 Å². The standard InChI is InChI=1S/C4H11N4P/c1-3(6-8-5)4(2)7-9/h3-4,7H,9H2,1-2H3/t3?,4-/m0/s1. The first kappa shape index (κ1) is 8.70. The van der Waals surface area contributed by atoms with Crippen LogP contribution in [0.5, 0.6) is 0 Å². The predicted molar refractivity (Wildman–Crippen MR) is 40.9 cm³/mol. The van der Waals surface area contributed by atoms with Crippen molar-refractivity contribution in [2.75, 3.05) is 0 Å². The van der Waals surface area contributed by atoms with Gasteiger partial charge in [0.1, 0.15) is 0 Å². The van der Waals surface area contributed by atoms with Gasteiger partial charge in [-0.2, -0.15) is 0 Å². The third-order valence-electron chi connectivity index (χ3n) is 1.22. The fraction of sp³-hybridized carbons (Fsp3) is 1.00. The van der Waals surface area contributed by atoms with Gasteiger partial charge in [0.25, 0.3) is 0 Å². The van der Waals surface area contributed by atoms with Crippen LogP contribution < -0.4 is 5.09 Å². The van der Waals surface area contributed by atoms with Gasteiger partial charge in [0, 0.05) is 17.0 Å². The third-order valence-corrected chi connectivity index (χ3v) is 1.75. The summed E-state index contributed by atoms with van der Waals surface area (Å²) in [6.45, 7) is 3.81. The summed E-state index contributed by atoms with van der Waals surface area (Å²) in [5, 5.41) is 6.40. The van der Waals surface area contributed by atoms with Gasteiger partial charge in [-0.3, -0.25) is 5.09 Å². The van der Waals surface area contributed by atoms with Crippen LogP contribution in [0.3, 0.4) is 0 Å². The number of hydrogen-bond donors (Lipinski definition) is 1. The highest BCUT2D eigenvalue weighted by atomic mass is 31.0. The number of hydrogen-bond acceptors (Lipinski definition) is 2. The number of rotatable bonds is 3. The van der Waals surface area contributed by atoms with E-state index >= 15 is 0 Å². The van der Waals surface area contributed by atoms with E-state index in [-0.39, 0.29) is 12.1 Å². The highest BCUT2D eigenvalue weighted by molar-refractivity contribution is 7.13. The Bertz CT molecular complexity index is 120. The summed E-state index contributed by atoms with van der Waals surface area (Å²) < 4.78 is 0. The normalized spacial score (nSPS) is 15.9. The largest absolute Gasteiger partial charge is 0.298 e. The molecular weight excluding hydrogens is 135 g/mol. The minimum Gasteiger partial charge on any atom is -0.298 e. The third kappa shape index (κ3) is 3.31. The van der Waals surface area contributed by atoms with Crippen LogP contribution in [-0.2, 0) is 0 Å². The first-order chi connectivity index (χ1) is 4.22. The van der Waals surface area contributed by atoms with Crippen LogP contribution in [0.1, 0.15) is 13.8 Å². The number of nitrogens with one attached hydrogen (secondary N) is 1. The molecule has 0 bridgehead atoms. The lowest BCUT2D eigenvalue weighted by atomic mass is 10.2. The minimum absolute atomic E-state index is 0.00694. The molecular formula is C4H11N4P. The molecule has 0 fully saturated rings. The Labute approximate surface area is 56.9 Å². The van der Waals surface area contributed by atoms with Crippen LogP contribution in [0.2, 0.25) is 0 Å². The van der Waals surface area contributed by atoms with Crippen molar-refractivity contribution in [2.24, 2.45) is 5.11 Å². The fourth-order valence-corrected chi connectivity index (χ4v) is 0.599. The molecule has 1 N–H and O–H groups in total. The molecule has 0 aromatic heterocycles. The molecule has 0 rings (SSSR count). The zero-order valence-electron chi connectivity index (χ0n) is 5.57.